The number of ketones is 1. The topological polar surface area (TPSA) is 298 Å². The van der Waals surface area contributed by atoms with Gasteiger partial charge in [0.15, 0.2) is 50.1 Å². The zero-order valence-electron chi connectivity index (χ0n) is 60.1. The minimum atomic E-state index is -1.56. The first-order valence-corrected chi connectivity index (χ1v) is 36.0. The van der Waals surface area contributed by atoms with E-state index in [1.165, 1.54) is 26.7 Å². The van der Waals surface area contributed by atoms with Crippen LogP contribution in [0, 0.1) is 28.6 Å². The van der Waals surface area contributed by atoms with Crippen molar-refractivity contribution in [1.82, 2.24) is 0 Å². The fraction of sp³-hybridized carbons (Fsp3) is 0.915. The average Bonchev–Trinajstić information content (AvgIpc) is 1.47. The van der Waals surface area contributed by atoms with Crippen LogP contribution in [0.1, 0.15) is 160 Å². The van der Waals surface area contributed by atoms with E-state index in [1.807, 2.05) is 34.6 Å². The molecule has 1 unspecified atom stereocenters. The zero-order chi connectivity index (χ0) is 70.1. The lowest BCUT2D eigenvalue weighted by molar-refractivity contribution is -0.447. The Morgan fingerprint density at radius 2 is 1.26 bits per heavy atom. The van der Waals surface area contributed by atoms with Crippen LogP contribution in [-0.4, -0.2) is 253 Å². The van der Waals surface area contributed by atoms with Crippen LogP contribution in [0.5, 0.6) is 0 Å². The van der Waals surface area contributed by atoms with Gasteiger partial charge in [-0.05, 0) is 136 Å². The van der Waals surface area contributed by atoms with Crippen LogP contribution < -0.4 is 0 Å². The number of allylic oxidation sites excluding steroid dienone is 1. The first-order chi connectivity index (χ1) is 46.6. The number of aliphatic hydroxyl groups excluding tert-OH is 2. The van der Waals surface area contributed by atoms with Crippen LogP contribution >= 0.6 is 0 Å². The predicted molar refractivity (Wildman–Crippen MR) is 340 cm³/mol. The molecule has 4 aliphatic carbocycles. The van der Waals surface area contributed by atoms with Crippen molar-refractivity contribution >= 4 is 11.8 Å². The molecule has 0 bridgehead atoms. The first kappa shape index (κ1) is 75.2. The molecule has 8 heterocycles. The number of hydrogen-bond acceptors (Lipinski definition) is 27. The van der Waals surface area contributed by atoms with Gasteiger partial charge in [0.25, 0.3) is 11.8 Å². The molecule has 27 nitrogen and oxygen atoms in total. The number of hydrogen-bond donors (Lipinski definition) is 3. The van der Waals surface area contributed by atoms with Gasteiger partial charge in [0.1, 0.15) is 42.7 Å². The van der Waals surface area contributed by atoms with Crippen molar-refractivity contribution < 1.29 is 129 Å². The molecule has 12 aliphatic rings. The first-order valence-electron chi connectivity index (χ1n) is 36.0. The normalized spacial score (nSPS) is 50.9. The van der Waals surface area contributed by atoms with E-state index in [-0.39, 0.29) is 67.1 Å². The van der Waals surface area contributed by atoms with Gasteiger partial charge in [-0.1, -0.05) is 25.5 Å². The van der Waals surface area contributed by atoms with Gasteiger partial charge in [-0.3, -0.25) is 9.59 Å². The van der Waals surface area contributed by atoms with E-state index in [0.29, 0.717) is 30.6 Å². The van der Waals surface area contributed by atoms with Crippen LogP contribution in [0.4, 0.5) is 0 Å². The van der Waals surface area contributed by atoms with Gasteiger partial charge >= 0.3 is 5.97 Å². The molecule has 35 atom stereocenters. The number of fused-ring (bicyclic) bond motifs is 6. The molecule has 558 valence electrons. The lowest BCUT2D eigenvalue weighted by atomic mass is 9.46. The van der Waals surface area contributed by atoms with E-state index in [4.69, 9.17) is 104 Å². The highest BCUT2D eigenvalue weighted by Gasteiger charge is 2.67. The summed E-state index contributed by atoms with van der Waals surface area (Å²) in [5.74, 6) is -0.921. The summed E-state index contributed by atoms with van der Waals surface area (Å²) in [6.45, 7) is 20.7. The Bertz CT molecular complexity index is 2770. The average molecular weight is 1400 g/mol. The third kappa shape index (κ3) is 14.7. The van der Waals surface area contributed by atoms with E-state index >= 15 is 0 Å². The summed E-state index contributed by atoms with van der Waals surface area (Å²) in [7, 11) is 7.68. The molecule has 1 spiro atoms. The molecule has 0 aromatic heterocycles. The zero-order valence-corrected chi connectivity index (χ0v) is 60.1. The maximum atomic E-state index is 13.1. The van der Waals surface area contributed by atoms with Crippen molar-refractivity contribution in [3.05, 3.63) is 23.5 Å². The number of rotatable bonds is 19. The Kier molecular flexibility index (Phi) is 23.4. The largest absolute Gasteiger partial charge is 0.493 e. The highest BCUT2D eigenvalue weighted by Crippen LogP contribution is 2.68. The Balaban J connectivity index is 0.603. The highest BCUT2D eigenvalue weighted by molar-refractivity contribution is 5.96. The Hall–Kier alpha value is -2.50. The van der Waals surface area contributed by atoms with Crippen molar-refractivity contribution in [1.29, 1.82) is 0 Å². The minimum absolute atomic E-state index is 0.0118. The van der Waals surface area contributed by atoms with E-state index in [0.717, 1.165) is 44.9 Å². The van der Waals surface area contributed by atoms with Crippen LogP contribution in [0.2, 0.25) is 0 Å². The molecule has 98 heavy (non-hydrogen) atoms. The van der Waals surface area contributed by atoms with E-state index in [1.54, 1.807) is 48.2 Å². The molecule has 27 heteroatoms. The molecule has 7 saturated heterocycles. The molecular formula is C71H112O27. The Labute approximate surface area is 576 Å². The third-order valence-corrected chi connectivity index (χ3v) is 24.5. The van der Waals surface area contributed by atoms with E-state index in [9.17, 15) is 24.9 Å². The van der Waals surface area contributed by atoms with E-state index in [2.05, 4.69) is 19.9 Å². The minimum Gasteiger partial charge on any atom is -0.493 e. The summed E-state index contributed by atoms with van der Waals surface area (Å²) in [6, 6.07) is 0. The number of aliphatic hydroxyl groups is 3. The summed E-state index contributed by atoms with van der Waals surface area (Å²) in [5, 5.41) is 35.4. The molecule has 0 aromatic carbocycles. The fourth-order valence-electron chi connectivity index (χ4n) is 19.2. The van der Waals surface area contributed by atoms with Gasteiger partial charge in [0.05, 0.1) is 105 Å². The van der Waals surface area contributed by atoms with Crippen LogP contribution in [-0.2, 0) is 114 Å². The molecule has 3 saturated carbocycles. The summed E-state index contributed by atoms with van der Waals surface area (Å²) in [5.41, 5.74) is -0.0278. The smallest absolute Gasteiger partial charge is 0.303 e. The molecule has 0 radical (unpaired) electrons. The molecule has 0 amide bonds. The summed E-state index contributed by atoms with van der Waals surface area (Å²) < 4.78 is 138. The van der Waals surface area contributed by atoms with Gasteiger partial charge in [0.2, 0.25) is 6.29 Å². The second kappa shape index (κ2) is 30.5. The number of carbonyl (C=O) groups is 2. The molecular weight excluding hydrogens is 1280 g/mol. The lowest BCUT2D eigenvalue weighted by Crippen LogP contribution is -2.62. The summed E-state index contributed by atoms with van der Waals surface area (Å²) >= 11 is 0. The maximum Gasteiger partial charge on any atom is 0.303 e. The maximum absolute atomic E-state index is 13.1. The highest BCUT2D eigenvalue weighted by atomic mass is 16.9. The number of methoxy groups -OCH3 is 5. The third-order valence-electron chi connectivity index (χ3n) is 24.5. The van der Waals surface area contributed by atoms with Crippen LogP contribution in [0.25, 0.3) is 0 Å². The van der Waals surface area contributed by atoms with Gasteiger partial charge in [-0.15, -0.1) is 0 Å². The van der Waals surface area contributed by atoms with E-state index < -0.39 is 177 Å². The monoisotopic (exact) mass is 1400 g/mol. The van der Waals surface area contributed by atoms with Crippen LogP contribution in [0.15, 0.2) is 23.5 Å². The number of esters is 1. The van der Waals surface area contributed by atoms with Gasteiger partial charge < -0.3 is 120 Å². The van der Waals surface area contributed by atoms with Crippen molar-refractivity contribution in [2.24, 2.45) is 28.6 Å². The van der Waals surface area contributed by atoms with Gasteiger partial charge in [-0.2, -0.15) is 0 Å². The van der Waals surface area contributed by atoms with Crippen molar-refractivity contribution in [3.8, 4) is 0 Å². The van der Waals surface area contributed by atoms with Crippen molar-refractivity contribution in [3.63, 3.8) is 0 Å². The second-order valence-corrected chi connectivity index (χ2v) is 30.3. The number of ether oxygens (including phenoxy) is 22. The fourth-order valence-corrected chi connectivity index (χ4v) is 19.2. The molecule has 12 rings (SSSR count). The van der Waals surface area contributed by atoms with Crippen LogP contribution in [0.3, 0.4) is 0 Å². The molecule has 8 aliphatic heterocycles. The molecule has 0 aromatic rings. The number of Topliss-reactive ketones (excluding diaryl/α,β-unsaturated/α-hetero) is 1. The van der Waals surface area contributed by atoms with Gasteiger partial charge in [0, 0.05) is 66.5 Å². The standard InChI is InChI=1S/C71H112O27/c1-33-25-48(77-12)58(75)66(84-33)92-43-19-22-68(10)42(26-43)17-18-44-45(68)20-23-69(11)46(44)21-24-70(69,76)40(8)90-54-30-51-63(38(6)88-54)98-71(83-32-82-51)31-52(80-15)62(39(7)97-71)95-56-28-49(78-13)60(36(4)86-56)94-53-27-47(73)59(35(3)85-53)93-55-29-50(79-14)61(37(5)87-55)96-67-65(91-41(9)72)64(81-16)57(74)34(2)89-67/h17,25,33-40,43-47,49-57,59-67,73-74,76H,18-24,26-32H2,1-16H3/t33-,34-,35-,36-,37-,38-,39-,40+,43+,44-,45+,46+,47-,49+,50+,51-,52-,53+,54+,55+,56+,57+,59-,60-,61-,62-,63-,64+,65-,66?,67+,68+,69+,70+,71-/m1/s1. The Morgan fingerprint density at radius 3 is 1.90 bits per heavy atom. The predicted octanol–water partition coefficient (Wildman–Crippen LogP) is 6.07. The summed E-state index contributed by atoms with van der Waals surface area (Å²) in [4.78, 5) is 25.2. The second-order valence-electron chi connectivity index (χ2n) is 30.3. The Morgan fingerprint density at radius 1 is 0.633 bits per heavy atom. The number of carbonyl (C=O) groups excluding carboxylic acids is 2. The van der Waals surface area contributed by atoms with Crippen molar-refractivity contribution in [2.45, 2.75) is 343 Å². The summed E-state index contributed by atoms with van der Waals surface area (Å²) in [6.07, 6.45) is -7.14. The lowest BCUT2D eigenvalue weighted by Gasteiger charge is -2.59. The van der Waals surface area contributed by atoms with Gasteiger partial charge in [-0.25, -0.2) is 0 Å². The molecule has 3 N–H and O–H groups in total. The van der Waals surface area contributed by atoms with Crippen molar-refractivity contribution in [2.75, 3.05) is 42.3 Å². The SMILES string of the molecule is COC1=C[C@@H](C)OC(O[C@H]2CC[C@@]3(C)C(=CC[C@@H]4[C@@H]3CC[C@@]3(C)[C@H]4CC[C@]3(O)[C@H](C)O[C@H]3C[C@H]4OCO[C@@]5(C[C@@H](OC)[C@H](O[C@H]6C[C@H](OC)[C@H](O[C@H]7C[C@@H](O)[C@H](O[C@H]8C[C@H](OC)[C@H](O[C@@H]9O[C@H](C)[C@H](O)[C@H](OC)[C@H]9OC(C)=O)[C@@H](C)O8)[C@@H](C)O7)[C@@H](C)O6)[C@@H](C)O5)O[C@@H]4[C@@H](C)O3)C2)C1=O. The molecule has 10 fully saturated rings. The quantitative estimate of drug-likeness (QED) is 0.0976.